The van der Waals surface area contributed by atoms with Crippen LogP contribution in [0.3, 0.4) is 0 Å². The van der Waals surface area contributed by atoms with Gasteiger partial charge in [0.15, 0.2) is 6.29 Å². The summed E-state index contributed by atoms with van der Waals surface area (Å²) in [6.07, 6.45) is -4.96. The van der Waals surface area contributed by atoms with Gasteiger partial charge < -0.3 is 30.1 Å². The number of aliphatic hydroxyl groups is 3. The molecule has 0 aromatic heterocycles. The molecular weight excluding hydrogens is 336 g/mol. The normalized spacial score (nSPS) is 29.2. The largest absolute Gasteiger partial charge is 0.394 e. The van der Waals surface area contributed by atoms with E-state index in [0.29, 0.717) is 5.56 Å². The highest BCUT2D eigenvalue weighted by Gasteiger charge is 2.45. The predicted octanol–water partition coefficient (Wildman–Crippen LogP) is -0.945. The van der Waals surface area contributed by atoms with Crippen LogP contribution >= 0.6 is 0 Å². The smallest absolute Gasteiger partial charge is 0.269 e. The highest BCUT2D eigenvalue weighted by atomic mass is 16.7. The number of amides is 1. The molecule has 2 rings (SSSR count). The van der Waals surface area contributed by atoms with Gasteiger partial charge in [-0.1, -0.05) is 0 Å². The number of carbonyl (C=O) groups excluding carboxylic acids is 1. The second-order valence-electron chi connectivity index (χ2n) is 5.67. The molecule has 1 amide bonds. The standard InChI is InChI=1S/C15H20N2O8/c1-8(19)16-12-14(21)13(20)11(6-18)25-15(12)24-7-9-2-4-10(5-3-9)17(22)23/h2-5,11-15,18,20-21H,6-7H2,1H3,(H,16,19)/t11-,12+,13-,14+,15-/m1/s1. The predicted molar refractivity (Wildman–Crippen MR) is 83.3 cm³/mol. The molecule has 4 N–H and O–H groups in total. The molecule has 1 aliphatic rings. The van der Waals surface area contributed by atoms with Crippen molar-refractivity contribution in [1.82, 2.24) is 5.32 Å². The Morgan fingerprint density at radius 3 is 2.48 bits per heavy atom. The highest BCUT2D eigenvalue weighted by Crippen LogP contribution is 2.23. The summed E-state index contributed by atoms with van der Waals surface area (Å²) in [5.41, 5.74) is 0.546. The number of hydrogen-bond donors (Lipinski definition) is 4. The molecule has 0 radical (unpaired) electrons. The van der Waals surface area contributed by atoms with E-state index in [0.717, 1.165) is 0 Å². The molecule has 25 heavy (non-hydrogen) atoms. The average Bonchev–Trinajstić information content (AvgIpc) is 2.58. The van der Waals surface area contributed by atoms with Crippen LogP contribution in [0.4, 0.5) is 5.69 Å². The minimum absolute atomic E-state index is 0.0142. The molecule has 0 saturated carbocycles. The highest BCUT2D eigenvalue weighted by molar-refractivity contribution is 5.73. The molecule has 10 heteroatoms. The van der Waals surface area contributed by atoms with Crippen molar-refractivity contribution in [3.05, 3.63) is 39.9 Å². The van der Waals surface area contributed by atoms with Crippen molar-refractivity contribution >= 4 is 11.6 Å². The number of nitrogens with zero attached hydrogens (tertiary/aromatic N) is 1. The lowest BCUT2D eigenvalue weighted by Gasteiger charge is -2.42. The maximum absolute atomic E-state index is 11.3. The first-order valence-corrected chi connectivity index (χ1v) is 7.58. The van der Waals surface area contributed by atoms with Crippen LogP contribution in [0.15, 0.2) is 24.3 Å². The summed E-state index contributed by atoms with van der Waals surface area (Å²) in [4.78, 5) is 21.4. The van der Waals surface area contributed by atoms with Gasteiger partial charge in [0.2, 0.25) is 5.91 Å². The fraction of sp³-hybridized carbons (Fsp3) is 0.533. The van der Waals surface area contributed by atoms with Gasteiger partial charge in [-0.05, 0) is 17.7 Å². The lowest BCUT2D eigenvalue weighted by Crippen LogP contribution is -2.64. The Kier molecular flexibility index (Phi) is 6.39. The van der Waals surface area contributed by atoms with Crippen LogP contribution in [0.2, 0.25) is 0 Å². The van der Waals surface area contributed by atoms with Gasteiger partial charge in [-0.2, -0.15) is 0 Å². The Morgan fingerprint density at radius 1 is 1.32 bits per heavy atom. The number of hydrogen-bond acceptors (Lipinski definition) is 8. The average molecular weight is 356 g/mol. The van der Waals surface area contributed by atoms with Crippen LogP contribution in [-0.2, 0) is 20.9 Å². The van der Waals surface area contributed by atoms with E-state index in [1.165, 1.54) is 31.2 Å². The van der Waals surface area contributed by atoms with Crippen molar-refractivity contribution in [2.75, 3.05) is 6.61 Å². The first-order chi connectivity index (χ1) is 11.8. The lowest BCUT2D eigenvalue weighted by atomic mass is 9.97. The van der Waals surface area contributed by atoms with Crippen molar-refractivity contribution in [2.24, 2.45) is 0 Å². The van der Waals surface area contributed by atoms with Crippen LogP contribution < -0.4 is 5.32 Å². The Hall–Kier alpha value is -2.11. The maximum Gasteiger partial charge on any atom is 0.269 e. The van der Waals surface area contributed by atoms with E-state index in [-0.39, 0.29) is 12.3 Å². The Bertz CT molecular complexity index is 608. The van der Waals surface area contributed by atoms with E-state index in [4.69, 9.17) is 9.47 Å². The first kappa shape index (κ1) is 19.2. The fourth-order valence-electron chi connectivity index (χ4n) is 2.51. The molecule has 138 valence electrons. The van der Waals surface area contributed by atoms with Gasteiger partial charge in [0.1, 0.15) is 24.4 Å². The number of nitro groups is 1. The van der Waals surface area contributed by atoms with Crippen LogP contribution in [-0.4, -0.2) is 63.4 Å². The van der Waals surface area contributed by atoms with Gasteiger partial charge >= 0.3 is 0 Å². The molecule has 1 heterocycles. The Balaban J connectivity index is 2.07. The van der Waals surface area contributed by atoms with Gasteiger partial charge in [-0.25, -0.2) is 0 Å². The summed E-state index contributed by atoms with van der Waals surface area (Å²) in [7, 11) is 0. The summed E-state index contributed by atoms with van der Waals surface area (Å²) < 4.78 is 11.0. The lowest BCUT2D eigenvalue weighted by molar-refractivity contribution is -0.384. The molecule has 1 aromatic rings. The van der Waals surface area contributed by atoms with E-state index in [2.05, 4.69) is 5.32 Å². The van der Waals surface area contributed by atoms with Gasteiger partial charge in [0.25, 0.3) is 5.69 Å². The van der Waals surface area contributed by atoms with Crippen LogP contribution in [0.1, 0.15) is 12.5 Å². The molecular formula is C15H20N2O8. The van der Waals surface area contributed by atoms with Crippen molar-refractivity contribution in [1.29, 1.82) is 0 Å². The molecule has 0 spiro atoms. The summed E-state index contributed by atoms with van der Waals surface area (Å²) in [6, 6.07) is 4.61. The number of nitro benzene ring substituents is 1. The number of benzene rings is 1. The number of rotatable bonds is 6. The second-order valence-corrected chi connectivity index (χ2v) is 5.67. The van der Waals surface area contributed by atoms with E-state index >= 15 is 0 Å². The molecule has 0 unspecified atom stereocenters. The van der Waals surface area contributed by atoms with Crippen LogP contribution in [0.25, 0.3) is 0 Å². The third-order valence-electron chi connectivity index (χ3n) is 3.81. The minimum Gasteiger partial charge on any atom is -0.394 e. The topological polar surface area (TPSA) is 151 Å². The summed E-state index contributed by atoms with van der Waals surface area (Å²) in [6.45, 7) is 0.687. The van der Waals surface area contributed by atoms with E-state index in [1.807, 2.05) is 0 Å². The van der Waals surface area contributed by atoms with Crippen molar-refractivity contribution in [2.45, 2.75) is 44.2 Å². The first-order valence-electron chi connectivity index (χ1n) is 7.58. The van der Waals surface area contributed by atoms with Gasteiger partial charge in [-0.15, -0.1) is 0 Å². The summed E-state index contributed by atoms with van der Waals surface area (Å²) in [5, 5.41) is 42.4. The molecule has 1 aromatic carbocycles. The van der Waals surface area contributed by atoms with Gasteiger partial charge in [0, 0.05) is 19.1 Å². The molecule has 1 fully saturated rings. The zero-order valence-corrected chi connectivity index (χ0v) is 13.4. The number of aliphatic hydroxyl groups excluding tert-OH is 3. The van der Waals surface area contributed by atoms with E-state index < -0.39 is 48.1 Å². The van der Waals surface area contributed by atoms with Crippen molar-refractivity contribution < 1.29 is 34.5 Å². The van der Waals surface area contributed by atoms with Crippen LogP contribution in [0.5, 0.6) is 0 Å². The quantitative estimate of drug-likeness (QED) is 0.376. The number of nitrogens with one attached hydrogen (secondary N) is 1. The molecule has 10 nitrogen and oxygen atoms in total. The van der Waals surface area contributed by atoms with Gasteiger partial charge in [-0.3, -0.25) is 14.9 Å². The van der Waals surface area contributed by atoms with Crippen molar-refractivity contribution in [3.8, 4) is 0 Å². The molecule has 0 aliphatic carbocycles. The minimum atomic E-state index is -1.39. The number of carbonyl (C=O) groups is 1. The third kappa shape index (κ3) is 4.71. The molecule has 1 saturated heterocycles. The second kappa shape index (κ2) is 8.32. The van der Waals surface area contributed by atoms with Gasteiger partial charge in [0.05, 0.1) is 18.1 Å². The monoisotopic (exact) mass is 356 g/mol. The summed E-state index contributed by atoms with van der Waals surface area (Å²) in [5.74, 6) is -0.453. The zero-order chi connectivity index (χ0) is 18.6. The Morgan fingerprint density at radius 2 is 1.96 bits per heavy atom. The molecule has 1 aliphatic heterocycles. The summed E-state index contributed by atoms with van der Waals surface area (Å²) >= 11 is 0. The molecule has 5 atom stereocenters. The third-order valence-corrected chi connectivity index (χ3v) is 3.81. The number of ether oxygens (including phenoxy) is 2. The SMILES string of the molecule is CC(=O)N[C@@H]1[C@H](OCc2ccc([N+](=O)[O-])cc2)O[C@H](CO)[C@@H](O)[C@H]1O. The molecule has 0 bridgehead atoms. The van der Waals surface area contributed by atoms with E-state index in [9.17, 15) is 30.2 Å². The fourth-order valence-corrected chi connectivity index (χ4v) is 2.51. The maximum atomic E-state index is 11.3. The number of non-ortho nitro benzene ring substituents is 1. The zero-order valence-electron chi connectivity index (χ0n) is 13.4. The van der Waals surface area contributed by atoms with Crippen molar-refractivity contribution in [3.63, 3.8) is 0 Å². The van der Waals surface area contributed by atoms with Crippen LogP contribution in [0, 0.1) is 10.1 Å². The Labute approximate surface area is 143 Å². The van der Waals surface area contributed by atoms with E-state index in [1.54, 1.807) is 0 Å².